The van der Waals surface area contributed by atoms with E-state index in [4.69, 9.17) is 5.11 Å². The normalized spacial score (nSPS) is 18.7. The van der Waals surface area contributed by atoms with Crippen molar-refractivity contribution >= 4 is 11.9 Å². The lowest BCUT2D eigenvalue weighted by molar-refractivity contribution is -0.146. The number of halogens is 1. The molecule has 1 amide bonds. The van der Waals surface area contributed by atoms with Gasteiger partial charge in [0, 0.05) is 13.1 Å². The predicted octanol–water partition coefficient (Wildman–Crippen LogP) is 0.422. The lowest BCUT2D eigenvalue weighted by atomic mass is 10.2. The van der Waals surface area contributed by atoms with Crippen LogP contribution < -0.4 is 0 Å². The summed E-state index contributed by atoms with van der Waals surface area (Å²) >= 11 is 0. The first kappa shape index (κ1) is 9.95. The van der Waals surface area contributed by atoms with Crippen LogP contribution in [0.4, 0.5) is 4.39 Å². The van der Waals surface area contributed by atoms with Crippen molar-refractivity contribution in [1.82, 2.24) is 4.90 Å². The molecule has 1 fully saturated rings. The van der Waals surface area contributed by atoms with Crippen molar-refractivity contribution in [2.45, 2.75) is 25.4 Å². The molecule has 1 atom stereocenters. The van der Waals surface area contributed by atoms with Crippen LogP contribution >= 0.6 is 0 Å². The highest BCUT2D eigenvalue weighted by atomic mass is 19.1. The van der Waals surface area contributed by atoms with Crippen molar-refractivity contribution < 1.29 is 19.1 Å². The van der Waals surface area contributed by atoms with E-state index in [0.717, 1.165) is 12.8 Å². The topological polar surface area (TPSA) is 57.6 Å². The van der Waals surface area contributed by atoms with Crippen LogP contribution in [0, 0.1) is 0 Å². The number of carboxylic acids is 1. The Labute approximate surface area is 75.3 Å². The third-order valence-corrected chi connectivity index (χ3v) is 2.08. The maximum Gasteiger partial charge on any atom is 0.338 e. The first-order chi connectivity index (χ1) is 6.11. The second-order valence-corrected chi connectivity index (χ2v) is 3.10. The van der Waals surface area contributed by atoms with Crippen LogP contribution in [0.5, 0.6) is 0 Å². The zero-order valence-electron chi connectivity index (χ0n) is 7.20. The maximum atomic E-state index is 12.6. The van der Waals surface area contributed by atoms with E-state index in [1.165, 1.54) is 4.90 Å². The van der Waals surface area contributed by atoms with Gasteiger partial charge in [-0.15, -0.1) is 0 Å². The van der Waals surface area contributed by atoms with E-state index in [1.807, 2.05) is 0 Å². The van der Waals surface area contributed by atoms with Crippen molar-refractivity contribution in [3.8, 4) is 0 Å². The van der Waals surface area contributed by atoms with Gasteiger partial charge in [0.2, 0.25) is 12.1 Å². The number of carboxylic acid groups (broad SMARTS) is 1. The number of amides is 1. The zero-order valence-corrected chi connectivity index (χ0v) is 7.20. The van der Waals surface area contributed by atoms with Gasteiger partial charge in [0.05, 0.1) is 6.42 Å². The van der Waals surface area contributed by atoms with Crippen molar-refractivity contribution in [2.75, 3.05) is 13.1 Å². The van der Waals surface area contributed by atoms with E-state index in [2.05, 4.69) is 0 Å². The van der Waals surface area contributed by atoms with Gasteiger partial charge in [0.15, 0.2) is 0 Å². The molecule has 0 unspecified atom stereocenters. The van der Waals surface area contributed by atoms with Gasteiger partial charge >= 0.3 is 5.97 Å². The molecule has 13 heavy (non-hydrogen) atoms. The van der Waals surface area contributed by atoms with E-state index in [9.17, 15) is 14.0 Å². The van der Waals surface area contributed by atoms with Gasteiger partial charge in [-0.2, -0.15) is 0 Å². The first-order valence-corrected chi connectivity index (χ1v) is 4.26. The zero-order chi connectivity index (χ0) is 9.84. The van der Waals surface area contributed by atoms with Crippen molar-refractivity contribution in [1.29, 1.82) is 0 Å². The molecule has 74 valence electrons. The average Bonchev–Trinajstić information content (AvgIpc) is 2.55. The molecule has 0 aromatic heterocycles. The minimum Gasteiger partial charge on any atom is -0.479 e. The number of nitrogens with zero attached hydrogens (tertiary/aromatic N) is 1. The summed E-state index contributed by atoms with van der Waals surface area (Å²) in [6, 6.07) is 0. The lowest BCUT2D eigenvalue weighted by Crippen LogP contribution is -2.31. The Morgan fingerprint density at radius 2 is 1.92 bits per heavy atom. The van der Waals surface area contributed by atoms with Gasteiger partial charge in [-0.1, -0.05) is 0 Å². The Hall–Kier alpha value is -1.13. The Bertz CT molecular complexity index is 213. The number of likely N-dealkylation sites (tertiary alicyclic amines) is 1. The highest BCUT2D eigenvalue weighted by molar-refractivity contribution is 5.83. The molecule has 1 heterocycles. The fourth-order valence-electron chi connectivity index (χ4n) is 1.34. The van der Waals surface area contributed by atoms with E-state index < -0.39 is 24.5 Å². The van der Waals surface area contributed by atoms with E-state index >= 15 is 0 Å². The molecule has 0 aliphatic carbocycles. The largest absolute Gasteiger partial charge is 0.479 e. The van der Waals surface area contributed by atoms with Crippen LogP contribution in [-0.4, -0.2) is 41.1 Å². The molecule has 4 nitrogen and oxygen atoms in total. The summed E-state index contributed by atoms with van der Waals surface area (Å²) in [6.45, 7) is 1.26. The Morgan fingerprint density at radius 3 is 2.38 bits per heavy atom. The Balaban J connectivity index is 2.35. The minimum absolute atomic E-state index is 0.396. The van der Waals surface area contributed by atoms with E-state index in [1.54, 1.807) is 0 Å². The quantitative estimate of drug-likeness (QED) is 0.700. The number of hydrogen-bond donors (Lipinski definition) is 1. The highest BCUT2D eigenvalue weighted by Crippen LogP contribution is 2.11. The number of aliphatic carboxylic acids is 1. The minimum atomic E-state index is -2.06. The molecule has 0 bridgehead atoms. The van der Waals surface area contributed by atoms with Crippen molar-refractivity contribution in [3.63, 3.8) is 0 Å². The average molecular weight is 189 g/mol. The predicted molar refractivity (Wildman–Crippen MR) is 43.0 cm³/mol. The third kappa shape index (κ3) is 2.68. The summed E-state index contributed by atoms with van der Waals surface area (Å²) in [7, 11) is 0. The fraction of sp³-hybridized carbons (Fsp3) is 0.750. The first-order valence-electron chi connectivity index (χ1n) is 4.26. The maximum absolute atomic E-state index is 12.6. The lowest BCUT2D eigenvalue weighted by Gasteiger charge is -2.15. The summed E-state index contributed by atoms with van der Waals surface area (Å²) in [6.07, 6.45) is -0.742. The molecule has 0 radical (unpaired) electrons. The highest BCUT2D eigenvalue weighted by Gasteiger charge is 2.25. The molecule has 1 saturated heterocycles. The van der Waals surface area contributed by atoms with Gasteiger partial charge in [-0.3, -0.25) is 4.79 Å². The van der Waals surface area contributed by atoms with E-state index in [0.29, 0.717) is 13.1 Å². The van der Waals surface area contributed by atoms with Crippen LogP contribution in [0.15, 0.2) is 0 Å². The summed E-state index contributed by atoms with van der Waals surface area (Å²) < 4.78 is 12.6. The molecule has 1 aliphatic heterocycles. The monoisotopic (exact) mass is 189 g/mol. The molecule has 0 aromatic carbocycles. The summed E-state index contributed by atoms with van der Waals surface area (Å²) in [5.74, 6) is -1.96. The smallest absolute Gasteiger partial charge is 0.338 e. The molecule has 0 aromatic rings. The Morgan fingerprint density at radius 1 is 1.38 bits per heavy atom. The molecular formula is C8H12FNO3. The van der Waals surface area contributed by atoms with Crippen molar-refractivity contribution in [2.24, 2.45) is 0 Å². The van der Waals surface area contributed by atoms with Gasteiger partial charge in [-0.25, -0.2) is 9.18 Å². The molecule has 1 rings (SSSR count). The number of carbonyl (C=O) groups is 2. The number of carbonyl (C=O) groups excluding carboxylic acids is 1. The molecule has 5 heteroatoms. The SMILES string of the molecule is O=C(O)[C@@H](F)CC(=O)N1CCCC1. The summed E-state index contributed by atoms with van der Waals surface area (Å²) in [4.78, 5) is 22.8. The van der Waals surface area contributed by atoms with Gasteiger partial charge in [0.25, 0.3) is 0 Å². The van der Waals surface area contributed by atoms with E-state index in [-0.39, 0.29) is 0 Å². The second-order valence-electron chi connectivity index (χ2n) is 3.10. The Kier molecular flexibility index (Phi) is 3.22. The molecular weight excluding hydrogens is 177 g/mol. The number of alkyl halides is 1. The molecule has 1 N–H and O–H groups in total. The number of hydrogen-bond acceptors (Lipinski definition) is 2. The second kappa shape index (κ2) is 4.20. The summed E-state index contributed by atoms with van der Waals surface area (Å²) in [5.41, 5.74) is 0. The summed E-state index contributed by atoms with van der Waals surface area (Å²) in [5, 5.41) is 8.23. The van der Waals surface area contributed by atoms with Gasteiger partial charge < -0.3 is 10.0 Å². The fourth-order valence-corrected chi connectivity index (χ4v) is 1.34. The molecule has 0 saturated carbocycles. The third-order valence-electron chi connectivity index (χ3n) is 2.08. The standard InChI is InChI=1S/C8H12FNO3/c9-6(8(12)13)5-7(11)10-3-1-2-4-10/h6H,1-5H2,(H,12,13)/t6-/m0/s1. The van der Waals surface area contributed by atoms with Crippen molar-refractivity contribution in [3.05, 3.63) is 0 Å². The van der Waals surface area contributed by atoms with Crippen LogP contribution in [0.1, 0.15) is 19.3 Å². The van der Waals surface area contributed by atoms with Crippen LogP contribution in [0.2, 0.25) is 0 Å². The van der Waals surface area contributed by atoms with Gasteiger partial charge in [-0.05, 0) is 12.8 Å². The van der Waals surface area contributed by atoms with Crippen LogP contribution in [-0.2, 0) is 9.59 Å². The van der Waals surface area contributed by atoms with Crippen LogP contribution in [0.3, 0.4) is 0 Å². The number of rotatable bonds is 3. The molecule has 1 aliphatic rings. The van der Waals surface area contributed by atoms with Crippen LogP contribution in [0.25, 0.3) is 0 Å². The van der Waals surface area contributed by atoms with Gasteiger partial charge in [0.1, 0.15) is 0 Å². The molecule has 0 spiro atoms.